The first-order chi connectivity index (χ1) is 21.4. The van der Waals surface area contributed by atoms with E-state index in [2.05, 4.69) is 6.92 Å². The molecule has 7 heteroatoms. The van der Waals surface area contributed by atoms with Gasteiger partial charge >= 0.3 is 5.97 Å². The summed E-state index contributed by atoms with van der Waals surface area (Å²) >= 11 is 0. The standard InChI is InChI=1S/C37H66O7/c1-3-4-5-15-19-30(38)20-17-22-32(40)34-24-26-36(44-34)35-25-23-33(43-35)31(39)21-16-13-11-9-7-6-8-10-12-14-18-29-27-28(2)42-37(29)41/h27-28,30-36,38-40H,3-26H2,1-2H3/t28-,30+,31-,32+,33+,34+,35-,36-/m1/s1. The number of carbonyl (C=O) groups is 1. The van der Waals surface area contributed by atoms with Gasteiger partial charge in [0.2, 0.25) is 0 Å². The summed E-state index contributed by atoms with van der Waals surface area (Å²) in [5.74, 6) is -0.123. The van der Waals surface area contributed by atoms with E-state index in [1.807, 2.05) is 13.0 Å². The Morgan fingerprint density at radius 1 is 0.659 bits per heavy atom. The molecule has 3 rings (SSSR count). The van der Waals surface area contributed by atoms with Gasteiger partial charge in [-0.2, -0.15) is 0 Å². The Bertz CT molecular complexity index is 801. The molecule has 3 heterocycles. The summed E-state index contributed by atoms with van der Waals surface area (Å²) in [5, 5.41) is 31.6. The maximum atomic E-state index is 11.6. The number of aliphatic hydroxyl groups is 3. The van der Waals surface area contributed by atoms with Gasteiger partial charge in [-0.1, -0.05) is 90.4 Å². The van der Waals surface area contributed by atoms with Gasteiger partial charge in [0.05, 0.1) is 42.7 Å². The fourth-order valence-corrected chi connectivity index (χ4v) is 7.28. The van der Waals surface area contributed by atoms with Gasteiger partial charge in [0.15, 0.2) is 0 Å². The van der Waals surface area contributed by atoms with Gasteiger partial charge < -0.3 is 29.5 Å². The maximum Gasteiger partial charge on any atom is 0.334 e. The molecule has 0 saturated carbocycles. The minimum atomic E-state index is -0.479. The first kappa shape index (κ1) is 37.5. The highest BCUT2D eigenvalue weighted by molar-refractivity contribution is 5.90. The number of hydrogen-bond donors (Lipinski definition) is 3. The first-order valence-electron chi connectivity index (χ1n) is 18.6. The van der Waals surface area contributed by atoms with Gasteiger partial charge in [-0.15, -0.1) is 0 Å². The predicted molar refractivity (Wildman–Crippen MR) is 175 cm³/mol. The van der Waals surface area contributed by atoms with Gasteiger partial charge in [-0.05, 0) is 83.6 Å². The SMILES string of the molecule is CCCCCC[C@H](O)CCC[C@H](O)[C@@H]1CC[C@H]([C@H]2CC[C@@H]([C@H](O)CCCCCCCCCCCCC3=C[C@@H](C)OC3=O)O2)O1. The van der Waals surface area contributed by atoms with Crippen molar-refractivity contribution < 1.29 is 34.3 Å². The smallest absolute Gasteiger partial charge is 0.334 e. The predicted octanol–water partition coefficient (Wildman–Crippen LogP) is 7.86. The Kier molecular flexibility index (Phi) is 18.5. The molecule has 0 aliphatic carbocycles. The van der Waals surface area contributed by atoms with Crippen LogP contribution in [0.3, 0.4) is 0 Å². The van der Waals surface area contributed by atoms with Crippen molar-refractivity contribution in [1.29, 1.82) is 0 Å². The number of rotatable bonds is 25. The van der Waals surface area contributed by atoms with Crippen LogP contribution in [0.25, 0.3) is 0 Å². The third kappa shape index (κ3) is 14.2. The Labute approximate surface area is 268 Å². The Balaban J connectivity index is 1.13. The average molecular weight is 623 g/mol. The number of cyclic esters (lactones) is 1. The first-order valence-corrected chi connectivity index (χ1v) is 18.6. The van der Waals surface area contributed by atoms with Crippen molar-refractivity contribution in [3.63, 3.8) is 0 Å². The second-order valence-corrected chi connectivity index (χ2v) is 14.0. The highest BCUT2D eigenvalue weighted by Crippen LogP contribution is 2.34. The molecular formula is C37H66O7. The molecule has 0 aromatic heterocycles. The zero-order valence-corrected chi connectivity index (χ0v) is 28.1. The summed E-state index contributed by atoms with van der Waals surface area (Å²) in [6.45, 7) is 4.11. The molecule has 0 bridgehead atoms. The molecule has 8 atom stereocenters. The Hall–Kier alpha value is -0.990. The largest absolute Gasteiger partial charge is 0.455 e. The fourth-order valence-electron chi connectivity index (χ4n) is 7.28. The number of hydrogen-bond acceptors (Lipinski definition) is 7. The summed E-state index contributed by atoms with van der Waals surface area (Å²) in [6, 6.07) is 0. The lowest BCUT2D eigenvalue weighted by molar-refractivity contribution is -0.139. The lowest BCUT2D eigenvalue weighted by atomic mass is 9.99. The highest BCUT2D eigenvalue weighted by Gasteiger charge is 2.40. The third-order valence-electron chi connectivity index (χ3n) is 10.1. The van der Waals surface area contributed by atoms with Gasteiger partial charge in [0.25, 0.3) is 0 Å². The molecule has 256 valence electrons. The van der Waals surface area contributed by atoms with Gasteiger partial charge in [-0.25, -0.2) is 4.79 Å². The van der Waals surface area contributed by atoms with Crippen LogP contribution in [-0.4, -0.2) is 70.1 Å². The van der Waals surface area contributed by atoms with Gasteiger partial charge in [0.1, 0.15) is 6.10 Å². The van der Waals surface area contributed by atoms with Crippen LogP contribution in [0.4, 0.5) is 0 Å². The van der Waals surface area contributed by atoms with E-state index in [9.17, 15) is 20.1 Å². The van der Waals surface area contributed by atoms with E-state index in [1.165, 1.54) is 64.2 Å². The third-order valence-corrected chi connectivity index (χ3v) is 10.1. The van der Waals surface area contributed by atoms with Crippen molar-refractivity contribution in [2.75, 3.05) is 0 Å². The number of ether oxygens (including phenoxy) is 3. The molecule has 0 aromatic rings. The van der Waals surface area contributed by atoms with E-state index < -0.39 is 12.2 Å². The zero-order chi connectivity index (χ0) is 31.6. The molecular weight excluding hydrogens is 556 g/mol. The lowest BCUT2D eigenvalue weighted by Crippen LogP contribution is -2.33. The minimum absolute atomic E-state index is 0.0170. The van der Waals surface area contributed by atoms with Crippen LogP contribution < -0.4 is 0 Å². The van der Waals surface area contributed by atoms with Gasteiger partial charge in [-0.3, -0.25) is 0 Å². The van der Waals surface area contributed by atoms with Crippen LogP contribution in [-0.2, 0) is 19.0 Å². The Morgan fingerprint density at radius 2 is 1.14 bits per heavy atom. The minimum Gasteiger partial charge on any atom is -0.455 e. The van der Waals surface area contributed by atoms with E-state index >= 15 is 0 Å². The number of carbonyl (C=O) groups excluding carboxylic acids is 1. The highest BCUT2D eigenvalue weighted by atomic mass is 16.6. The molecule has 0 aromatic carbocycles. The van der Waals surface area contributed by atoms with Crippen molar-refractivity contribution in [1.82, 2.24) is 0 Å². The van der Waals surface area contributed by atoms with Crippen molar-refractivity contribution in [3.05, 3.63) is 11.6 Å². The van der Waals surface area contributed by atoms with E-state index in [0.717, 1.165) is 89.0 Å². The molecule has 2 saturated heterocycles. The van der Waals surface area contributed by atoms with Crippen molar-refractivity contribution in [2.45, 2.75) is 217 Å². The molecule has 2 fully saturated rings. The van der Waals surface area contributed by atoms with E-state index in [-0.39, 0.29) is 42.6 Å². The molecule has 0 spiro atoms. The van der Waals surface area contributed by atoms with Crippen LogP contribution in [0.1, 0.15) is 168 Å². The van der Waals surface area contributed by atoms with E-state index in [1.54, 1.807) is 0 Å². The summed E-state index contributed by atoms with van der Waals surface area (Å²) in [5.41, 5.74) is 0.863. The van der Waals surface area contributed by atoms with Gasteiger partial charge in [0, 0.05) is 5.57 Å². The number of unbranched alkanes of at least 4 members (excludes halogenated alkanes) is 12. The lowest BCUT2D eigenvalue weighted by Gasteiger charge is -2.24. The topological polar surface area (TPSA) is 105 Å². The summed E-state index contributed by atoms with van der Waals surface area (Å²) in [4.78, 5) is 11.6. The van der Waals surface area contributed by atoms with Crippen molar-refractivity contribution >= 4 is 5.97 Å². The monoisotopic (exact) mass is 622 g/mol. The summed E-state index contributed by atoms with van der Waals surface area (Å²) < 4.78 is 17.7. The molecule has 0 amide bonds. The normalized spacial score (nSPS) is 27.4. The van der Waals surface area contributed by atoms with Crippen LogP contribution in [0.5, 0.6) is 0 Å². The van der Waals surface area contributed by atoms with Crippen molar-refractivity contribution in [3.8, 4) is 0 Å². The maximum absolute atomic E-state index is 11.6. The summed E-state index contributed by atoms with van der Waals surface area (Å²) in [7, 11) is 0. The van der Waals surface area contributed by atoms with Crippen molar-refractivity contribution in [2.24, 2.45) is 0 Å². The fraction of sp³-hybridized carbons (Fsp3) is 0.919. The second kappa shape index (κ2) is 21.7. The molecule has 3 aliphatic heterocycles. The molecule has 44 heavy (non-hydrogen) atoms. The van der Waals surface area contributed by atoms with Crippen LogP contribution in [0, 0.1) is 0 Å². The Morgan fingerprint density at radius 3 is 1.68 bits per heavy atom. The van der Waals surface area contributed by atoms with Crippen LogP contribution >= 0.6 is 0 Å². The molecule has 3 N–H and O–H groups in total. The average Bonchev–Trinajstić information content (AvgIpc) is 3.76. The number of esters is 1. The molecule has 7 nitrogen and oxygen atoms in total. The molecule has 0 radical (unpaired) electrons. The summed E-state index contributed by atoms with van der Waals surface area (Å²) in [6.07, 6.45) is 25.7. The van der Waals surface area contributed by atoms with E-state index in [4.69, 9.17) is 14.2 Å². The second-order valence-electron chi connectivity index (χ2n) is 14.0. The van der Waals surface area contributed by atoms with E-state index in [0.29, 0.717) is 6.42 Å². The quantitative estimate of drug-likeness (QED) is 0.0703. The van der Waals surface area contributed by atoms with Crippen LogP contribution in [0.15, 0.2) is 11.6 Å². The van der Waals surface area contributed by atoms with Crippen LogP contribution in [0.2, 0.25) is 0 Å². The zero-order valence-electron chi connectivity index (χ0n) is 28.1. The molecule has 0 unspecified atom stereocenters. The number of aliphatic hydroxyl groups excluding tert-OH is 3. The molecule has 3 aliphatic rings.